The van der Waals surface area contributed by atoms with Crippen molar-refractivity contribution in [3.8, 4) is 0 Å². The summed E-state index contributed by atoms with van der Waals surface area (Å²) in [5, 5.41) is 2.68. The van der Waals surface area contributed by atoms with Gasteiger partial charge >= 0.3 is 11.8 Å². The molecule has 0 atom stereocenters. The monoisotopic (exact) mass is 393 g/mol. The predicted molar refractivity (Wildman–Crippen MR) is 108 cm³/mol. The Kier molecular flexibility index (Phi) is 6.07. The lowest BCUT2D eigenvalue weighted by Crippen LogP contribution is -2.55. The minimum atomic E-state index is -0.676. The second-order valence-electron chi connectivity index (χ2n) is 7.12. The number of nitrogens with zero attached hydrogens (tertiary/aromatic N) is 2. The molecule has 2 aromatic rings. The van der Waals surface area contributed by atoms with Crippen LogP contribution in [0.2, 0.25) is 0 Å². The molecule has 1 N–H and O–H groups in total. The van der Waals surface area contributed by atoms with Crippen LogP contribution in [0.3, 0.4) is 0 Å². The highest BCUT2D eigenvalue weighted by atomic mass is 16.2. The number of hydrogen-bond donors (Lipinski definition) is 1. The molecule has 2 aromatic carbocycles. The van der Waals surface area contributed by atoms with Gasteiger partial charge in [-0.3, -0.25) is 19.2 Å². The Hall–Kier alpha value is -3.48. The van der Waals surface area contributed by atoms with Crippen LogP contribution < -0.4 is 5.32 Å². The maximum atomic E-state index is 12.4. The summed E-state index contributed by atoms with van der Waals surface area (Å²) >= 11 is 0. The van der Waals surface area contributed by atoms with Gasteiger partial charge in [0.05, 0.1) is 0 Å². The van der Waals surface area contributed by atoms with Gasteiger partial charge < -0.3 is 15.1 Å². The van der Waals surface area contributed by atoms with E-state index < -0.39 is 17.7 Å². The number of hydrogen-bond acceptors (Lipinski definition) is 4. The van der Waals surface area contributed by atoms with Crippen molar-refractivity contribution >= 4 is 29.2 Å². The number of Topliss-reactive ketones (excluding diaryl/α,β-unsaturated/α-hetero) is 1. The topological polar surface area (TPSA) is 86.8 Å². The fourth-order valence-corrected chi connectivity index (χ4v) is 3.09. The van der Waals surface area contributed by atoms with Gasteiger partial charge in [0.2, 0.25) is 5.91 Å². The van der Waals surface area contributed by atoms with Gasteiger partial charge in [0, 0.05) is 30.9 Å². The first kappa shape index (κ1) is 20.3. The van der Waals surface area contributed by atoms with Gasteiger partial charge in [-0.2, -0.15) is 0 Å². The third-order valence-corrected chi connectivity index (χ3v) is 4.80. The molecule has 1 heterocycles. The van der Waals surface area contributed by atoms with Crippen molar-refractivity contribution < 1.29 is 19.2 Å². The van der Waals surface area contributed by atoms with E-state index in [1.165, 1.54) is 16.7 Å². The molecule has 1 saturated heterocycles. The van der Waals surface area contributed by atoms with Crippen molar-refractivity contribution in [1.82, 2.24) is 9.80 Å². The number of rotatable bonds is 6. The molecule has 3 rings (SSSR count). The lowest BCUT2D eigenvalue weighted by Gasteiger charge is -2.33. The number of carbonyl (C=O) groups is 4. The third kappa shape index (κ3) is 5.07. The van der Waals surface area contributed by atoms with E-state index in [0.29, 0.717) is 30.9 Å². The van der Waals surface area contributed by atoms with Crippen LogP contribution >= 0.6 is 0 Å². The van der Waals surface area contributed by atoms with Crippen LogP contribution in [0, 0.1) is 6.92 Å². The second kappa shape index (κ2) is 8.68. The average Bonchev–Trinajstić information content (AvgIpc) is 2.69. The van der Waals surface area contributed by atoms with E-state index in [2.05, 4.69) is 5.32 Å². The zero-order valence-corrected chi connectivity index (χ0v) is 16.5. The Balaban J connectivity index is 1.55. The van der Waals surface area contributed by atoms with Crippen LogP contribution in [0.1, 0.15) is 28.4 Å². The van der Waals surface area contributed by atoms with E-state index in [1.54, 1.807) is 24.3 Å². The molecule has 0 aromatic heterocycles. The summed E-state index contributed by atoms with van der Waals surface area (Å²) in [6, 6.07) is 14.3. The molecule has 29 heavy (non-hydrogen) atoms. The molecule has 0 radical (unpaired) electrons. The third-order valence-electron chi connectivity index (χ3n) is 4.80. The fourth-order valence-electron chi connectivity index (χ4n) is 3.09. The maximum absolute atomic E-state index is 12.4. The first-order valence-corrected chi connectivity index (χ1v) is 9.38. The molecule has 150 valence electrons. The Morgan fingerprint density at radius 2 is 1.48 bits per heavy atom. The van der Waals surface area contributed by atoms with Crippen molar-refractivity contribution in [2.45, 2.75) is 20.4 Å². The Morgan fingerprint density at radius 1 is 0.897 bits per heavy atom. The van der Waals surface area contributed by atoms with Gasteiger partial charge in [-0.15, -0.1) is 0 Å². The minimum absolute atomic E-state index is 0.0597. The molecule has 1 aliphatic heterocycles. The van der Waals surface area contributed by atoms with E-state index in [0.717, 1.165) is 11.1 Å². The second-order valence-corrected chi connectivity index (χ2v) is 7.12. The number of anilines is 1. The van der Waals surface area contributed by atoms with Gasteiger partial charge in [-0.1, -0.05) is 29.8 Å². The summed E-state index contributed by atoms with van der Waals surface area (Å²) < 4.78 is 0. The Labute approximate surface area is 169 Å². The number of carbonyl (C=O) groups excluding carboxylic acids is 4. The lowest BCUT2D eigenvalue weighted by atomic mass is 10.1. The van der Waals surface area contributed by atoms with Crippen LogP contribution in [0.25, 0.3) is 0 Å². The molecule has 0 spiro atoms. The van der Waals surface area contributed by atoms with Gasteiger partial charge in [-0.25, -0.2) is 0 Å². The van der Waals surface area contributed by atoms with E-state index in [9.17, 15) is 19.2 Å². The fraction of sp³-hybridized carbons (Fsp3) is 0.273. The molecule has 0 aliphatic carbocycles. The van der Waals surface area contributed by atoms with Crippen molar-refractivity contribution in [3.05, 3.63) is 65.2 Å². The van der Waals surface area contributed by atoms with Crippen LogP contribution in [0.5, 0.6) is 0 Å². The quantitative estimate of drug-likeness (QED) is 0.601. The summed E-state index contributed by atoms with van der Waals surface area (Å²) in [7, 11) is 0. The van der Waals surface area contributed by atoms with Crippen LogP contribution in [0.15, 0.2) is 48.5 Å². The number of aryl methyl sites for hydroxylation is 1. The number of ketones is 1. The maximum Gasteiger partial charge on any atom is 0.312 e. The average molecular weight is 393 g/mol. The van der Waals surface area contributed by atoms with Crippen molar-refractivity contribution in [1.29, 1.82) is 0 Å². The van der Waals surface area contributed by atoms with Gasteiger partial charge in [-0.05, 0) is 43.7 Å². The van der Waals surface area contributed by atoms with Crippen LogP contribution in [-0.4, -0.2) is 52.9 Å². The van der Waals surface area contributed by atoms with E-state index >= 15 is 0 Å². The highest BCUT2D eigenvalue weighted by Crippen LogP contribution is 2.13. The zero-order chi connectivity index (χ0) is 21.0. The molecular formula is C22H23N3O4. The Bertz CT molecular complexity index is 936. The van der Waals surface area contributed by atoms with Crippen LogP contribution in [0.4, 0.5) is 5.69 Å². The van der Waals surface area contributed by atoms with Gasteiger partial charge in [0.1, 0.15) is 6.54 Å². The summed E-state index contributed by atoms with van der Waals surface area (Å²) in [6.45, 7) is 4.30. The highest BCUT2D eigenvalue weighted by molar-refractivity contribution is 6.35. The SMILES string of the molecule is CC(=O)c1ccc(NC(=O)CN2CCN(Cc3ccc(C)cc3)C(=O)C2=O)cc1. The first-order valence-electron chi connectivity index (χ1n) is 9.38. The minimum Gasteiger partial charge on any atom is -0.328 e. The molecule has 0 unspecified atom stereocenters. The normalized spacial score (nSPS) is 14.1. The number of amides is 3. The predicted octanol–water partition coefficient (Wildman–Crippen LogP) is 2.01. The lowest BCUT2D eigenvalue weighted by molar-refractivity contribution is -0.157. The summed E-state index contributed by atoms with van der Waals surface area (Å²) in [6.07, 6.45) is 0. The summed E-state index contributed by atoms with van der Waals surface area (Å²) in [5.74, 6) is -1.73. The first-order chi connectivity index (χ1) is 13.8. The highest BCUT2D eigenvalue weighted by Gasteiger charge is 2.33. The van der Waals surface area contributed by atoms with E-state index in [4.69, 9.17) is 0 Å². The number of benzene rings is 2. The molecule has 1 fully saturated rings. The van der Waals surface area contributed by atoms with Crippen LogP contribution in [-0.2, 0) is 20.9 Å². The molecular weight excluding hydrogens is 370 g/mol. The molecule has 7 heteroatoms. The summed E-state index contributed by atoms with van der Waals surface area (Å²) in [5.41, 5.74) is 3.16. The largest absolute Gasteiger partial charge is 0.328 e. The zero-order valence-electron chi connectivity index (χ0n) is 16.5. The summed E-state index contributed by atoms with van der Waals surface area (Å²) in [4.78, 5) is 51.1. The number of piperazine rings is 1. The molecule has 1 aliphatic rings. The van der Waals surface area contributed by atoms with Gasteiger partial charge in [0.25, 0.3) is 0 Å². The van der Waals surface area contributed by atoms with Crippen molar-refractivity contribution in [2.75, 3.05) is 25.0 Å². The van der Waals surface area contributed by atoms with Gasteiger partial charge in [0.15, 0.2) is 5.78 Å². The standard InChI is InChI=1S/C22H23N3O4/c1-15-3-5-17(6-4-15)13-24-11-12-25(22(29)21(24)28)14-20(27)23-19-9-7-18(8-10-19)16(2)26/h3-10H,11-14H2,1-2H3,(H,23,27). The smallest absolute Gasteiger partial charge is 0.312 e. The van der Waals surface area contributed by atoms with E-state index in [-0.39, 0.29) is 12.3 Å². The molecule has 0 saturated carbocycles. The molecule has 7 nitrogen and oxygen atoms in total. The van der Waals surface area contributed by atoms with Crippen molar-refractivity contribution in [3.63, 3.8) is 0 Å². The Morgan fingerprint density at radius 3 is 2.10 bits per heavy atom. The van der Waals surface area contributed by atoms with Crippen molar-refractivity contribution in [2.24, 2.45) is 0 Å². The molecule has 3 amide bonds. The molecule has 0 bridgehead atoms. The van der Waals surface area contributed by atoms with E-state index in [1.807, 2.05) is 31.2 Å². The number of nitrogens with one attached hydrogen (secondary N) is 1.